The molecular formula is C23H30N3OS2+. The van der Waals surface area contributed by atoms with E-state index in [1.54, 1.807) is 23.1 Å². The van der Waals surface area contributed by atoms with E-state index in [1.165, 1.54) is 20.9 Å². The second kappa shape index (κ2) is 10.2. The van der Waals surface area contributed by atoms with Crippen LogP contribution >= 0.6 is 23.1 Å². The highest BCUT2D eigenvalue weighted by atomic mass is 32.2. The van der Waals surface area contributed by atoms with E-state index in [0.717, 1.165) is 40.6 Å². The Morgan fingerprint density at radius 2 is 1.86 bits per heavy atom. The number of aryl methyl sites for hydroxylation is 2. The monoisotopic (exact) mass is 428 g/mol. The molecule has 2 aromatic carbocycles. The fourth-order valence-electron chi connectivity index (χ4n) is 3.11. The van der Waals surface area contributed by atoms with E-state index in [4.69, 9.17) is 4.98 Å². The molecule has 1 N–H and O–H groups in total. The number of aromatic nitrogens is 1. The minimum atomic E-state index is 0.162. The zero-order chi connectivity index (χ0) is 20.8. The molecule has 1 aromatic heterocycles. The molecule has 0 atom stereocenters. The van der Waals surface area contributed by atoms with Gasteiger partial charge in [-0.05, 0) is 49.2 Å². The quantitative estimate of drug-likeness (QED) is 0.524. The number of benzene rings is 2. The third-order valence-corrected chi connectivity index (χ3v) is 6.97. The zero-order valence-electron chi connectivity index (χ0n) is 17.7. The van der Waals surface area contributed by atoms with Crippen molar-refractivity contribution in [2.75, 3.05) is 37.8 Å². The standard InChI is InChI=1S/C23H29N3OS2/c1-17-15-20-21(16-18(17)2)29-23(24-20)26(13-8-12-25(3)4)22(27)11-14-28-19-9-6-5-7-10-19/h5-7,9-10,15-16H,8,11-14H2,1-4H3/p+1. The van der Waals surface area contributed by atoms with Crippen LogP contribution in [0.2, 0.25) is 0 Å². The van der Waals surface area contributed by atoms with Gasteiger partial charge in [0.25, 0.3) is 0 Å². The number of carbonyl (C=O) groups is 1. The van der Waals surface area contributed by atoms with Crippen LogP contribution in [0.25, 0.3) is 10.2 Å². The normalized spacial score (nSPS) is 11.3. The van der Waals surface area contributed by atoms with Crippen LogP contribution in [-0.4, -0.2) is 43.8 Å². The second-order valence-corrected chi connectivity index (χ2v) is 9.85. The van der Waals surface area contributed by atoms with Gasteiger partial charge in [-0.2, -0.15) is 0 Å². The number of nitrogens with zero attached hydrogens (tertiary/aromatic N) is 2. The fourth-order valence-corrected chi connectivity index (χ4v) is 5.06. The Labute approximate surface area is 181 Å². The van der Waals surface area contributed by atoms with Crippen molar-refractivity contribution >= 4 is 44.4 Å². The lowest BCUT2D eigenvalue weighted by molar-refractivity contribution is -0.858. The molecular weight excluding hydrogens is 398 g/mol. The molecule has 0 saturated heterocycles. The molecule has 0 radical (unpaired) electrons. The van der Waals surface area contributed by atoms with Crippen LogP contribution in [0.5, 0.6) is 0 Å². The molecule has 0 bridgehead atoms. The van der Waals surface area contributed by atoms with E-state index in [0.29, 0.717) is 6.42 Å². The average molecular weight is 429 g/mol. The number of hydrogen-bond donors (Lipinski definition) is 1. The van der Waals surface area contributed by atoms with Gasteiger partial charge in [-0.3, -0.25) is 9.69 Å². The fraction of sp³-hybridized carbons (Fsp3) is 0.391. The van der Waals surface area contributed by atoms with Crippen molar-refractivity contribution in [1.29, 1.82) is 0 Å². The maximum atomic E-state index is 13.1. The van der Waals surface area contributed by atoms with Crippen molar-refractivity contribution in [3.63, 3.8) is 0 Å². The summed E-state index contributed by atoms with van der Waals surface area (Å²) in [7, 11) is 4.29. The zero-order valence-corrected chi connectivity index (χ0v) is 19.3. The summed E-state index contributed by atoms with van der Waals surface area (Å²) in [5.41, 5.74) is 3.49. The van der Waals surface area contributed by atoms with Crippen molar-refractivity contribution in [1.82, 2.24) is 4.98 Å². The summed E-state index contributed by atoms with van der Waals surface area (Å²) in [4.78, 5) is 22.4. The molecule has 0 saturated carbocycles. The molecule has 1 heterocycles. The van der Waals surface area contributed by atoms with Gasteiger partial charge in [0.05, 0.1) is 30.9 Å². The van der Waals surface area contributed by atoms with Gasteiger partial charge in [0.1, 0.15) is 0 Å². The van der Waals surface area contributed by atoms with Crippen LogP contribution < -0.4 is 9.80 Å². The van der Waals surface area contributed by atoms with Crippen LogP contribution in [0.3, 0.4) is 0 Å². The van der Waals surface area contributed by atoms with Crippen molar-refractivity contribution in [3.05, 3.63) is 53.6 Å². The highest BCUT2D eigenvalue weighted by Gasteiger charge is 2.20. The molecule has 154 valence electrons. The summed E-state index contributed by atoms with van der Waals surface area (Å²) in [6.45, 7) is 5.98. The molecule has 1 amide bonds. The molecule has 29 heavy (non-hydrogen) atoms. The lowest BCUT2D eigenvalue weighted by Crippen LogP contribution is -3.05. The first kappa shape index (κ1) is 21.8. The van der Waals surface area contributed by atoms with Crippen LogP contribution in [0.4, 0.5) is 5.13 Å². The predicted octanol–water partition coefficient (Wildman–Crippen LogP) is 3.96. The Morgan fingerprint density at radius 1 is 1.14 bits per heavy atom. The van der Waals surface area contributed by atoms with Crippen molar-refractivity contribution < 1.29 is 9.69 Å². The Balaban J connectivity index is 1.73. The molecule has 3 aromatic rings. The van der Waals surface area contributed by atoms with Crippen molar-refractivity contribution in [2.24, 2.45) is 0 Å². The first-order chi connectivity index (χ1) is 13.9. The van der Waals surface area contributed by atoms with Gasteiger partial charge < -0.3 is 4.90 Å². The third-order valence-electron chi connectivity index (χ3n) is 4.91. The molecule has 6 heteroatoms. The maximum Gasteiger partial charge on any atom is 0.229 e. The van der Waals surface area contributed by atoms with Gasteiger partial charge in [-0.25, -0.2) is 4.98 Å². The summed E-state index contributed by atoms with van der Waals surface area (Å²) in [6, 6.07) is 14.6. The Kier molecular flexibility index (Phi) is 7.70. The van der Waals surface area contributed by atoms with Crippen LogP contribution in [0.1, 0.15) is 24.0 Å². The largest absolute Gasteiger partial charge is 0.340 e. The first-order valence-electron chi connectivity index (χ1n) is 10.1. The number of thiazole rings is 1. The van der Waals surface area contributed by atoms with E-state index in [-0.39, 0.29) is 5.91 Å². The molecule has 4 nitrogen and oxygen atoms in total. The maximum absolute atomic E-state index is 13.1. The number of nitrogens with one attached hydrogen (secondary N) is 1. The van der Waals surface area contributed by atoms with Crippen molar-refractivity contribution in [2.45, 2.75) is 31.6 Å². The summed E-state index contributed by atoms with van der Waals surface area (Å²) in [5.74, 6) is 0.941. The molecule has 0 fully saturated rings. The van der Waals surface area contributed by atoms with Gasteiger partial charge in [-0.15, -0.1) is 11.8 Å². The number of carbonyl (C=O) groups excluding carboxylic acids is 1. The predicted molar refractivity (Wildman–Crippen MR) is 126 cm³/mol. The summed E-state index contributed by atoms with van der Waals surface area (Å²) in [6.07, 6.45) is 1.48. The Morgan fingerprint density at radius 3 is 2.59 bits per heavy atom. The summed E-state index contributed by atoms with van der Waals surface area (Å²) in [5, 5.41) is 0.827. The van der Waals surface area contributed by atoms with E-state index >= 15 is 0 Å². The average Bonchev–Trinajstić information content (AvgIpc) is 3.08. The lowest BCUT2D eigenvalue weighted by Gasteiger charge is -2.20. The van der Waals surface area contributed by atoms with Crippen LogP contribution in [-0.2, 0) is 4.79 Å². The van der Waals surface area contributed by atoms with E-state index in [2.05, 4.69) is 52.2 Å². The third kappa shape index (κ3) is 6.04. The minimum Gasteiger partial charge on any atom is -0.340 e. The molecule has 3 rings (SSSR count). The van der Waals surface area contributed by atoms with Crippen molar-refractivity contribution in [3.8, 4) is 0 Å². The van der Waals surface area contributed by atoms with Gasteiger partial charge in [-0.1, -0.05) is 29.5 Å². The van der Waals surface area contributed by atoms with Gasteiger partial charge in [0, 0.05) is 30.0 Å². The summed E-state index contributed by atoms with van der Waals surface area (Å²) >= 11 is 3.36. The number of anilines is 1. The number of quaternary nitrogens is 1. The number of hydrogen-bond acceptors (Lipinski definition) is 4. The number of fused-ring (bicyclic) bond motifs is 1. The molecule has 0 aliphatic rings. The topological polar surface area (TPSA) is 37.6 Å². The first-order valence-corrected chi connectivity index (χ1v) is 11.9. The van der Waals surface area contributed by atoms with E-state index < -0.39 is 0 Å². The number of amides is 1. The van der Waals surface area contributed by atoms with Crippen LogP contribution in [0, 0.1) is 13.8 Å². The van der Waals surface area contributed by atoms with Gasteiger partial charge in [0.15, 0.2) is 5.13 Å². The van der Waals surface area contributed by atoms with E-state index in [9.17, 15) is 4.79 Å². The highest BCUT2D eigenvalue weighted by Crippen LogP contribution is 2.31. The number of rotatable bonds is 9. The number of thioether (sulfide) groups is 1. The molecule has 0 unspecified atom stereocenters. The Hall–Kier alpha value is -1.89. The minimum absolute atomic E-state index is 0.162. The van der Waals surface area contributed by atoms with Crippen LogP contribution in [0.15, 0.2) is 47.4 Å². The highest BCUT2D eigenvalue weighted by molar-refractivity contribution is 7.99. The van der Waals surface area contributed by atoms with Gasteiger partial charge >= 0.3 is 0 Å². The van der Waals surface area contributed by atoms with E-state index in [1.807, 2.05) is 23.1 Å². The molecule has 0 spiro atoms. The second-order valence-electron chi connectivity index (χ2n) is 7.67. The summed E-state index contributed by atoms with van der Waals surface area (Å²) < 4.78 is 1.15. The Bertz CT molecular complexity index is 914. The smallest absolute Gasteiger partial charge is 0.229 e. The SMILES string of the molecule is Cc1cc2nc(N(CCC[NH+](C)C)C(=O)CCSc3ccccc3)sc2cc1C. The van der Waals surface area contributed by atoms with Gasteiger partial charge in [0.2, 0.25) is 5.91 Å². The lowest BCUT2D eigenvalue weighted by atomic mass is 10.1. The molecule has 0 aliphatic carbocycles. The molecule has 0 aliphatic heterocycles.